The van der Waals surface area contributed by atoms with E-state index in [1.807, 2.05) is 18.2 Å². The average molecular weight is 247 g/mol. The molecule has 0 spiro atoms. The first kappa shape index (κ1) is 12.7. The van der Waals surface area contributed by atoms with Gasteiger partial charge in [0.15, 0.2) is 0 Å². The minimum Gasteiger partial charge on any atom is -0.399 e. The van der Waals surface area contributed by atoms with Crippen molar-refractivity contribution in [3.8, 4) is 0 Å². The molecule has 0 atom stereocenters. The summed E-state index contributed by atoms with van der Waals surface area (Å²) in [5.41, 5.74) is 8.40. The van der Waals surface area contributed by atoms with Gasteiger partial charge >= 0.3 is 0 Å². The zero-order valence-electron chi connectivity index (χ0n) is 11.0. The Labute approximate surface area is 107 Å². The van der Waals surface area contributed by atoms with Gasteiger partial charge in [-0.15, -0.1) is 0 Å². The molecule has 2 rings (SSSR count). The number of benzene rings is 1. The Bertz CT molecular complexity index is 501. The van der Waals surface area contributed by atoms with E-state index in [1.54, 1.807) is 0 Å². The first-order chi connectivity index (χ1) is 8.72. The van der Waals surface area contributed by atoms with Crippen molar-refractivity contribution in [2.45, 2.75) is 13.8 Å². The third-order valence-electron chi connectivity index (χ3n) is 3.12. The highest BCUT2D eigenvalue weighted by atomic mass is 15.2. The quantitative estimate of drug-likeness (QED) is 0.682. The number of fused-ring (bicyclic) bond motifs is 1. The third kappa shape index (κ3) is 2.92. The first-order valence-corrected chi connectivity index (χ1v) is 6.44. The maximum atomic E-state index is 5.73. The molecule has 0 aliphatic heterocycles. The molecule has 4 N–H and O–H groups in total. The van der Waals surface area contributed by atoms with Gasteiger partial charge in [0.2, 0.25) is 5.95 Å². The molecule has 1 heterocycles. The number of nitrogens with one attached hydrogen (secondary N) is 2. The van der Waals surface area contributed by atoms with Crippen LogP contribution in [0.15, 0.2) is 18.2 Å². The molecule has 0 unspecified atom stereocenters. The second kappa shape index (κ2) is 5.73. The highest BCUT2D eigenvalue weighted by Gasteiger charge is 2.03. The van der Waals surface area contributed by atoms with Gasteiger partial charge in [0.1, 0.15) is 0 Å². The summed E-state index contributed by atoms with van der Waals surface area (Å²) in [7, 11) is 0. The average Bonchev–Trinajstić information content (AvgIpc) is 2.76. The van der Waals surface area contributed by atoms with E-state index in [0.29, 0.717) is 0 Å². The monoisotopic (exact) mass is 247 g/mol. The molecule has 5 heteroatoms. The SMILES string of the molecule is CCN(CC)CCNc1nc2ccc(N)cc2[nH]1. The van der Waals surface area contributed by atoms with E-state index in [9.17, 15) is 0 Å². The van der Waals surface area contributed by atoms with E-state index in [0.717, 1.165) is 48.8 Å². The number of nitrogen functional groups attached to an aromatic ring is 1. The van der Waals surface area contributed by atoms with Gasteiger partial charge in [-0.05, 0) is 31.3 Å². The lowest BCUT2D eigenvalue weighted by Crippen LogP contribution is -2.28. The number of rotatable bonds is 6. The number of hydrogen-bond donors (Lipinski definition) is 3. The van der Waals surface area contributed by atoms with Gasteiger partial charge < -0.3 is 20.9 Å². The molecule has 0 amide bonds. The summed E-state index contributed by atoms with van der Waals surface area (Å²) >= 11 is 0. The molecule has 0 fully saturated rings. The van der Waals surface area contributed by atoms with Crippen LogP contribution in [0.3, 0.4) is 0 Å². The van der Waals surface area contributed by atoms with Crippen molar-refractivity contribution in [1.29, 1.82) is 0 Å². The molecule has 1 aromatic heterocycles. The van der Waals surface area contributed by atoms with E-state index >= 15 is 0 Å². The highest BCUT2D eigenvalue weighted by molar-refractivity contribution is 5.80. The van der Waals surface area contributed by atoms with Crippen LogP contribution in [0, 0.1) is 0 Å². The molecule has 0 bridgehead atoms. The largest absolute Gasteiger partial charge is 0.399 e. The molecule has 0 saturated heterocycles. The highest BCUT2D eigenvalue weighted by Crippen LogP contribution is 2.16. The second-order valence-corrected chi connectivity index (χ2v) is 4.32. The van der Waals surface area contributed by atoms with Crippen LogP contribution >= 0.6 is 0 Å². The summed E-state index contributed by atoms with van der Waals surface area (Å²) in [6.45, 7) is 8.41. The molecule has 2 aromatic rings. The Morgan fingerprint density at radius 1 is 1.33 bits per heavy atom. The van der Waals surface area contributed by atoms with Crippen molar-refractivity contribution in [3.05, 3.63) is 18.2 Å². The maximum Gasteiger partial charge on any atom is 0.201 e. The van der Waals surface area contributed by atoms with Crippen molar-refractivity contribution in [2.75, 3.05) is 37.2 Å². The van der Waals surface area contributed by atoms with E-state index in [1.165, 1.54) is 0 Å². The Morgan fingerprint density at radius 3 is 2.83 bits per heavy atom. The van der Waals surface area contributed by atoms with Crippen LogP contribution in [0.5, 0.6) is 0 Å². The number of imidazole rings is 1. The van der Waals surface area contributed by atoms with Crippen molar-refractivity contribution in [2.24, 2.45) is 0 Å². The fourth-order valence-electron chi connectivity index (χ4n) is 1.98. The smallest absolute Gasteiger partial charge is 0.201 e. The minimum absolute atomic E-state index is 0.751. The summed E-state index contributed by atoms with van der Waals surface area (Å²) in [4.78, 5) is 10.1. The van der Waals surface area contributed by atoms with Crippen LogP contribution in [0.2, 0.25) is 0 Å². The number of aromatic nitrogens is 2. The van der Waals surface area contributed by atoms with Gasteiger partial charge in [-0.2, -0.15) is 0 Å². The summed E-state index contributed by atoms with van der Waals surface area (Å²) in [5.74, 6) is 0.808. The molecule has 1 aromatic carbocycles. The van der Waals surface area contributed by atoms with Gasteiger partial charge in [-0.3, -0.25) is 0 Å². The molecular formula is C13H21N5. The van der Waals surface area contributed by atoms with Gasteiger partial charge in [0.25, 0.3) is 0 Å². The standard InChI is InChI=1S/C13H21N5/c1-3-18(4-2)8-7-15-13-16-11-6-5-10(14)9-12(11)17-13/h5-6,9H,3-4,7-8,14H2,1-2H3,(H2,15,16,17). The Kier molecular flexibility index (Phi) is 4.04. The molecule has 0 aliphatic carbocycles. The lowest BCUT2D eigenvalue weighted by Gasteiger charge is -2.17. The third-order valence-corrected chi connectivity index (χ3v) is 3.12. The number of nitrogens with zero attached hydrogens (tertiary/aromatic N) is 2. The lowest BCUT2D eigenvalue weighted by molar-refractivity contribution is 0.316. The molecule has 0 radical (unpaired) electrons. The fraction of sp³-hybridized carbons (Fsp3) is 0.462. The molecule has 18 heavy (non-hydrogen) atoms. The Balaban J connectivity index is 1.95. The zero-order chi connectivity index (χ0) is 13.0. The van der Waals surface area contributed by atoms with Crippen LogP contribution in [0.1, 0.15) is 13.8 Å². The predicted octanol–water partition coefficient (Wildman–Crippen LogP) is 1.90. The van der Waals surface area contributed by atoms with E-state index in [4.69, 9.17) is 5.73 Å². The summed E-state index contributed by atoms with van der Waals surface area (Å²) in [6.07, 6.45) is 0. The normalized spacial score (nSPS) is 11.3. The molecule has 5 nitrogen and oxygen atoms in total. The number of anilines is 2. The Morgan fingerprint density at radius 2 is 2.11 bits per heavy atom. The van der Waals surface area contributed by atoms with Crippen LogP contribution in [0.4, 0.5) is 11.6 Å². The molecule has 0 saturated carbocycles. The number of likely N-dealkylation sites (N-methyl/N-ethyl adjacent to an activating group) is 1. The number of aromatic amines is 1. The van der Waals surface area contributed by atoms with Gasteiger partial charge in [0, 0.05) is 18.8 Å². The number of H-pyrrole nitrogens is 1. The van der Waals surface area contributed by atoms with Crippen molar-refractivity contribution in [1.82, 2.24) is 14.9 Å². The zero-order valence-corrected chi connectivity index (χ0v) is 11.0. The predicted molar refractivity (Wildman–Crippen MR) is 76.8 cm³/mol. The molecular weight excluding hydrogens is 226 g/mol. The maximum absolute atomic E-state index is 5.73. The Hall–Kier alpha value is -1.75. The molecule has 98 valence electrons. The van der Waals surface area contributed by atoms with Crippen molar-refractivity contribution >= 4 is 22.7 Å². The van der Waals surface area contributed by atoms with Crippen molar-refractivity contribution in [3.63, 3.8) is 0 Å². The van der Waals surface area contributed by atoms with E-state index < -0.39 is 0 Å². The summed E-state index contributed by atoms with van der Waals surface area (Å²) < 4.78 is 0. The van der Waals surface area contributed by atoms with Crippen LogP contribution in [-0.4, -0.2) is 41.0 Å². The fourth-order valence-corrected chi connectivity index (χ4v) is 1.98. The van der Waals surface area contributed by atoms with Crippen molar-refractivity contribution < 1.29 is 0 Å². The first-order valence-electron chi connectivity index (χ1n) is 6.44. The minimum atomic E-state index is 0.751. The van der Waals surface area contributed by atoms with Crippen LogP contribution in [0.25, 0.3) is 11.0 Å². The van der Waals surface area contributed by atoms with E-state index in [2.05, 4.69) is 34.0 Å². The lowest BCUT2D eigenvalue weighted by atomic mass is 10.3. The summed E-state index contributed by atoms with van der Waals surface area (Å²) in [6, 6.07) is 5.69. The topological polar surface area (TPSA) is 70.0 Å². The number of nitrogens with two attached hydrogens (primary N) is 1. The summed E-state index contributed by atoms with van der Waals surface area (Å²) in [5, 5.41) is 3.30. The second-order valence-electron chi connectivity index (χ2n) is 4.32. The van der Waals surface area contributed by atoms with E-state index in [-0.39, 0.29) is 0 Å². The van der Waals surface area contributed by atoms with Gasteiger partial charge in [-0.25, -0.2) is 4.98 Å². The van der Waals surface area contributed by atoms with Gasteiger partial charge in [0.05, 0.1) is 11.0 Å². The van der Waals surface area contributed by atoms with Crippen LogP contribution < -0.4 is 11.1 Å². The van der Waals surface area contributed by atoms with Gasteiger partial charge in [-0.1, -0.05) is 13.8 Å². The molecule has 0 aliphatic rings. The van der Waals surface area contributed by atoms with Crippen LogP contribution in [-0.2, 0) is 0 Å². The number of hydrogen-bond acceptors (Lipinski definition) is 4.